The molecule has 0 radical (unpaired) electrons. The summed E-state index contributed by atoms with van der Waals surface area (Å²) >= 11 is 0. The standard InChI is InChI=1S/C23H22/c1-3-17-14-23-19(13-12-18-9-5-7-11-21(18)23)15-22(17)20-10-6-4-8-16(20)2/h4-11,14-15H,3,12-13H2,1-2H3. The summed E-state index contributed by atoms with van der Waals surface area (Å²) in [5.41, 5.74) is 11.5. The fraction of sp³-hybridized carbons (Fsp3) is 0.217. The number of hydrogen-bond acceptors (Lipinski definition) is 0. The summed E-state index contributed by atoms with van der Waals surface area (Å²) in [5, 5.41) is 0. The molecule has 3 aromatic rings. The Balaban J connectivity index is 1.94. The van der Waals surface area contributed by atoms with Crippen molar-refractivity contribution in [3.63, 3.8) is 0 Å². The number of hydrogen-bond donors (Lipinski definition) is 0. The zero-order valence-electron chi connectivity index (χ0n) is 13.9. The molecule has 1 aliphatic carbocycles. The van der Waals surface area contributed by atoms with Crippen molar-refractivity contribution in [1.82, 2.24) is 0 Å². The Labute approximate surface area is 138 Å². The highest BCUT2D eigenvalue weighted by molar-refractivity contribution is 5.80. The van der Waals surface area contributed by atoms with Crippen LogP contribution in [-0.2, 0) is 19.3 Å². The normalized spacial score (nSPS) is 12.6. The van der Waals surface area contributed by atoms with E-state index in [0.717, 1.165) is 19.3 Å². The van der Waals surface area contributed by atoms with Gasteiger partial charge in [0.05, 0.1) is 0 Å². The molecule has 0 aliphatic heterocycles. The van der Waals surface area contributed by atoms with Crippen LogP contribution in [0, 0.1) is 6.92 Å². The molecule has 0 aromatic heterocycles. The summed E-state index contributed by atoms with van der Waals surface area (Å²) in [4.78, 5) is 0. The molecule has 0 nitrogen and oxygen atoms in total. The zero-order chi connectivity index (χ0) is 15.8. The maximum atomic E-state index is 2.45. The molecule has 23 heavy (non-hydrogen) atoms. The highest BCUT2D eigenvalue weighted by Gasteiger charge is 2.18. The third-order valence-corrected chi connectivity index (χ3v) is 5.12. The van der Waals surface area contributed by atoms with E-state index in [4.69, 9.17) is 0 Å². The first-order chi connectivity index (χ1) is 11.3. The SMILES string of the molecule is CCc1cc2c(cc1-c1ccccc1C)CCc1ccccc1-2. The van der Waals surface area contributed by atoms with E-state index in [-0.39, 0.29) is 0 Å². The van der Waals surface area contributed by atoms with Gasteiger partial charge in [-0.1, -0.05) is 67.6 Å². The van der Waals surface area contributed by atoms with E-state index in [1.165, 1.54) is 44.5 Å². The van der Waals surface area contributed by atoms with Crippen LogP contribution in [0.4, 0.5) is 0 Å². The molecule has 0 unspecified atom stereocenters. The summed E-state index contributed by atoms with van der Waals surface area (Å²) in [6.07, 6.45) is 3.37. The highest BCUT2D eigenvalue weighted by atomic mass is 14.2. The fourth-order valence-corrected chi connectivity index (χ4v) is 3.84. The maximum Gasteiger partial charge on any atom is -0.0146 e. The molecule has 1 aliphatic rings. The van der Waals surface area contributed by atoms with E-state index in [1.54, 1.807) is 0 Å². The lowest BCUT2D eigenvalue weighted by Crippen LogP contribution is -2.05. The van der Waals surface area contributed by atoms with Crippen LogP contribution in [0.15, 0.2) is 60.7 Å². The Morgan fingerprint density at radius 3 is 2.17 bits per heavy atom. The van der Waals surface area contributed by atoms with Crippen LogP contribution < -0.4 is 0 Å². The van der Waals surface area contributed by atoms with E-state index < -0.39 is 0 Å². The smallest absolute Gasteiger partial charge is 0.0146 e. The molecule has 0 bridgehead atoms. The molecule has 3 aromatic carbocycles. The molecule has 0 saturated carbocycles. The Bertz CT molecular complexity index is 871. The second-order valence-electron chi connectivity index (χ2n) is 6.49. The van der Waals surface area contributed by atoms with Crippen molar-refractivity contribution in [1.29, 1.82) is 0 Å². The number of fused-ring (bicyclic) bond motifs is 3. The average molecular weight is 298 g/mol. The molecule has 0 amide bonds. The number of rotatable bonds is 2. The maximum absolute atomic E-state index is 2.45. The van der Waals surface area contributed by atoms with Crippen molar-refractivity contribution in [2.24, 2.45) is 0 Å². The van der Waals surface area contributed by atoms with Crippen LogP contribution in [0.25, 0.3) is 22.3 Å². The molecule has 114 valence electrons. The van der Waals surface area contributed by atoms with E-state index in [9.17, 15) is 0 Å². The van der Waals surface area contributed by atoms with Gasteiger partial charge in [-0.3, -0.25) is 0 Å². The number of aryl methyl sites for hydroxylation is 4. The van der Waals surface area contributed by atoms with E-state index >= 15 is 0 Å². The molecular weight excluding hydrogens is 276 g/mol. The highest BCUT2D eigenvalue weighted by Crippen LogP contribution is 2.38. The van der Waals surface area contributed by atoms with Gasteiger partial charge in [-0.25, -0.2) is 0 Å². The lowest BCUT2D eigenvalue weighted by Gasteiger charge is -2.23. The number of benzene rings is 3. The van der Waals surface area contributed by atoms with Crippen molar-refractivity contribution >= 4 is 0 Å². The van der Waals surface area contributed by atoms with Crippen LogP contribution in [0.3, 0.4) is 0 Å². The predicted molar refractivity (Wildman–Crippen MR) is 98.8 cm³/mol. The third kappa shape index (κ3) is 2.39. The Kier molecular flexibility index (Phi) is 3.53. The van der Waals surface area contributed by atoms with Gasteiger partial charge < -0.3 is 0 Å². The first-order valence-corrected chi connectivity index (χ1v) is 8.58. The second-order valence-corrected chi connectivity index (χ2v) is 6.49. The summed E-state index contributed by atoms with van der Waals surface area (Å²) in [6, 6.07) is 22.5. The van der Waals surface area contributed by atoms with Crippen LogP contribution in [0.1, 0.15) is 29.2 Å². The molecule has 0 atom stereocenters. The van der Waals surface area contributed by atoms with Gasteiger partial charge in [0, 0.05) is 0 Å². The van der Waals surface area contributed by atoms with Gasteiger partial charge in [0.1, 0.15) is 0 Å². The Morgan fingerprint density at radius 2 is 1.39 bits per heavy atom. The first-order valence-electron chi connectivity index (χ1n) is 8.58. The van der Waals surface area contributed by atoms with E-state index in [2.05, 4.69) is 74.5 Å². The van der Waals surface area contributed by atoms with Crippen molar-refractivity contribution in [3.8, 4) is 22.3 Å². The first kappa shape index (κ1) is 14.3. The Morgan fingerprint density at radius 1 is 0.696 bits per heavy atom. The van der Waals surface area contributed by atoms with Gasteiger partial charge in [-0.2, -0.15) is 0 Å². The van der Waals surface area contributed by atoms with Crippen molar-refractivity contribution in [2.75, 3.05) is 0 Å². The molecule has 4 rings (SSSR count). The lowest BCUT2D eigenvalue weighted by atomic mass is 9.81. The summed E-state index contributed by atoms with van der Waals surface area (Å²) < 4.78 is 0. The van der Waals surface area contributed by atoms with Gasteiger partial charge in [0.25, 0.3) is 0 Å². The second kappa shape index (κ2) is 5.70. The monoisotopic (exact) mass is 298 g/mol. The summed E-state index contributed by atoms with van der Waals surface area (Å²) in [5.74, 6) is 0. The molecule has 0 heterocycles. The van der Waals surface area contributed by atoms with E-state index in [0.29, 0.717) is 0 Å². The van der Waals surface area contributed by atoms with Crippen LogP contribution in [0.5, 0.6) is 0 Å². The van der Waals surface area contributed by atoms with Gasteiger partial charge in [-0.05, 0) is 70.7 Å². The van der Waals surface area contributed by atoms with Gasteiger partial charge in [-0.15, -0.1) is 0 Å². The lowest BCUT2D eigenvalue weighted by molar-refractivity contribution is 0.939. The molecule has 0 spiro atoms. The zero-order valence-corrected chi connectivity index (χ0v) is 13.9. The molecule has 0 fully saturated rings. The van der Waals surface area contributed by atoms with Gasteiger partial charge in [0.2, 0.25) is 0 Å². The van der Waals surface area contributed by atoms with Gasteiger partial charge >= 0.3 is 0 Å². The van der Waals surface area contributed by atoms with Crippen LogP contribution in [-0.4, -0.2) is 0 Å². The van der Waals surface area contributed by atoms with Gasteiger partial charge in [0.15, 0.2) is 0 Å². The minimum absolute atomic E-state index is 1.07. The van der Waals surface area contributed by atoms with Crippen molar-refractivity contribution < 1.29 is 0 Å². The van der Waals surface area contributed by atoms with Crippen LogP contribution >= 0.6 is 0 Å². The predicted octanol–water partition coefficient (Wildman–Crippen LogP) is 5.99. The van der Waals surface area contributed by atoms with E-state index in [1.807, 2.05) is 0 Å². The van der Waals surface area contributed by atoms with Crippen molar-refractivity contribution in [2.45, 2.75) is 33.1 Å². The fourth-order valence-electron chi connectivity index (χ4n) is 3.84. The topological polar surface area (TPSA) is 0 Å². The minimum atomic E-state index is 1.07. The van der Waals surface area contributed by atoms with Crippen molar-refractivity contribution in [3.05, 3.63) is 82.9 Å². The quantitative estimate of drug-likeness (QED) is 0.545. The Hall–Kier alpha value is -2.34. The molecular formula is C23H22. The largest absolute Gasteiger partial charge is 0.0620 e. The molecule has 0 N–H and O–H groups in total. The summed E-state index contributed by atoms with van der Waals surface area (Å²) in [6.45, 7) is 4.47. The molecule has 0 saturated heterocycles. The average Bonchev–Trinajstić information content (AvgIpc) is 2.61. The minimum Gasteiger partial charge on any atom is -0.0620 e. The van der Waals surface area contributed by atoms with Crippen LogP contribution in [0.2, 0.25) is 0 Å². The third-order valence-electron chi connectivity index (χ3n) is 5.12. The molecule has 0 heteroatoms. The summed E-state index contributed by atoms with van der Waals surface area (Å²) in [7, 11) is 0.